The SMILES string of the molecule is COC(=O)c1cc(NC(=O)COC(=O)C(C)Oc2ccccc2)cc(C(=O)OC)c1. The van der Waals surface area contributed by atoms with Crippen molar-refractivity contribution in [3.05, 3.63) is 59.7 Å². The van der Waals surface area contributed by atoms with Gasteiger partial charge in [-0.05, 0) is 37.3 Å². The number of ether oxygens (including phenoxy) is 4. The summed E-state index contributed by atoms with van der Waals surface area (Å²) < 4.78 is 19.6. The second-order valence-electron chi connectivity index (χ2n) is 6.01. The fraction of sp³-hybridized carbons (Fsp3) is 0.238. The highest BCUT2D eigenvalue weighted by Crippen LogP contribution is 2.17. The van der Waals surface area contributed by atoms with Gasteiger partial charge in [-0.3, -0.25) is 4.79 Å². The molecule has 1 N–H and O–H groups in total. The van der Waals surface area contributed by atoms with Gasteiger partial charge in [0.1, 0.15) is 5.75 Å². The molecule has 0 spiro atoms. The van der Waals surface area contributed by atoms with Crippen molar-refractivity contribution in [2.45, 2.75) is 13.0 Å². The highest BCUT2D eigenvalue weighted by molar-refractivity contribution is 6.00. The lowest BCUT2D eigenvalue weighted by Gasteiger charge is -2.14. The van der Waals surface area contributed by atoms with Crippen LogP contribution in [0.2, 0.25) is 0 Å². The number of hydrogen-bond donors (Lipinski definition) is 1. The van der Waals surface area contributed by atoms with Gasteiger partial charge in [-0.2, -0.15) is 0 Å². The molecule has 0 radical (unpaired) electrons. The summed E-state index contributed by atoms with van der Waals surface area (Å²) >= 11 is 0. The average molecular weight is 415 g/mol. The first-order valence-corrected chi connectivity index (χ1v) is 8.84. The van der Waals surface area contributed by atoms with E-state index in [2.05, 4.69) is 14.8 Å². The van der Waals surface area contributed by atoms with E-state index in [0.29, 0.717) is 5.75 Å². The molecular formula is C21H21NO8. The van der Waals surface area contributed by atoms with Crippen molar-refractivity contribution in [2.75, 3.05) is 26.1 Å². The normalized spacial score (nSPS) is 11.0. The molecule has 9 heteroatoms. The molecule has 1 atom stereocenters. The molecule has 0 aliphatic rings. The van der Waals surface area contributed by atoms with Gasteiger partial charge < -0.3 is 24.3 Å². The maximum absolute atomic E-state index is 12.1. The summed E-state index contributed by atoms with van der Waals surface area (Å²) in [4.78, 5) is 47.7. The summed E-state index contributed by atoms with van der Waals surface area (Å²) in [7, 11) is 2.37. The Morgan fingerprint density at radius 2 is 1.47 bits per heavy atom. The van der Waals surface area contributed by atoms with Crippen LogP contribution in [0.25, 0.3) is 0 Å². The summed E-state index contributed by atoms with van der Waals surface area (Å²) in [5.41, 5.74) is 0.211. The first-order chi connectivity index (χ1) is 14.3. The number of carbonyl (C=O) groups is 4. The molecule has 0 aliphatic heterocycles. The highest BCUT2D eigenvalue weighted by Gasteiger charge is 2.19. The van der Waals surface area contributed by atoms with Gasteiger partial charge in [0.15, 0.2) is 12.7 Å². The summed E-state index contributed by atoms with van der Waals surface area (Å²) in [5, 5.41) is 2.45. The molecule has 0 fully saturated rings. The molecule has 2 rings (SSSR count). The fourth-order valence-corrected chi connectivity index (χ4v) is 2.37. The zero-order valence-corrected chi connectivity index (χ0v) is 16.7. The van der Waals surface area contributed by atoms with E-state index >= 15 is 0 Å². The van der Waals surface area contributed by atoms with Gasteiger partial charge in [-0.25, -0.2) is 14.4 Å². The number of anilines is 1. The molecule has 0 aliphatic carbocycles. The van der Waals surface area contributed by atoms with Crippen LogP contribution in [0.3, 0.4) is 0 Å². The van der Waals surface area contributed by atoms with Gasteiger partial charge in [0.25, 0.3) is 5.91 Å². The number of esters is 3. The number of nitrogens with one attached hydrogen (secondary N) is 1. The summed E-state index contributed by atoms with van der Waals surface area (Å²) in [6.07, 6.45) is -0.922. The minimum Gasteiger partial charge on any atom is -0.479 e. The molecule has 0 aromatic heterocycles. The Morgan fingerprint density at radius 1 is 0.900 bits per heavy atom. The second kappa shape index (κ2) is 10.6. The first kappa shape index (κ1) is 22.4. The lowest BCUT2D eigenvalue weighted by atomic mass is 10.1. The number of para-hydroxylation sites is 1. The van der Waals surface area contributed by atoms with E-state index in [0.717, 1.165) is 0 Å². The Kier molecular flexibility index (Phi) is 7.92. The lowest BCUT2D eigenvalue weighted by Crippen LogP contribution is -2.29. The van der Waals surface area contributed by atoms with Crippen LogP contribution < -0.4 is 10.1 Å². The maximum atomic E-state index is 12.1. The van der Waals surface area contributed by atoms with Crippen molar-refractivity contribution in [1.29, 1.82) is 0 Å². The number of hydrogen-bond acceptors (Lipinski definition) is 8. The van der Waals surface area contributed by atoms with Crippen molar-refractivity contribution in [3.8, 4) is 5.75 Å². The smallest absolute Gasteiger partial charge is 0.347 e. The second-order valence-corrected chi connectivity index (χ2v) is 6.01. The van der Waals surface area contributed by atoms with Gasteiger partial charge in [0.2, 0.25) is 0 Å². The third-order valence-electron chi connectivity index (χ3n) is 3.79. The van der Waals surface area contributed by atoms with Crippen LogP contribution in [0.15, 0.2) is 48.5 Å². The Hall–Kier alpha value is -3.88. The summed E-state index contributed by atoms with van der Waals surface area (Å²) in [6, 6.07) is 12.6. The van der Waals surface area contributed by atoms with Crippen molar-refractivity contribution in [2.24, 2.45) is 0 Å². The standard InChI is InChI=1S/C21H21NO8/c1-13(30-17-7-5-4-6-8-17)19(24)29-12-18(23)22-16-10-14(20(25)27-2)9-15(11-16)21(26)28-3/h4-11,13H,12H2,1-3H3,(H,22,23). The number of methoxy groups -OCH3 is 2. The van der Waals surface area contributed by atoms with Gasteiger partial charge in [0.05, 0.1) is 25.3 Å². The monoisotopic (exact) mass is 415 g/mol. The molecule has 1 unspecified atom stereocenters. The molecule has 30 heavy (non-hydrogen) atoms. The first-order valence-electron chi connectivity index (χ1n) is 8.84. The van der Waals surface area contributed by atoms with Crippen molar-refractivity contribution < 1.29 is 38.1 Å². The van der Waals surface area contributed by atoms with Crippen LogP contribution in [0.1, 0.15) is 27.6 Å². The van der Waals surface area contributed by atoms with E-state index in [1.165, 1.54) is 39.3 Å². The van der Waals surface area contributed by atoms with Gasteiger partial charge in [-0.1, -0.05) is 18.2 Å². The number of amides is 1. The molecule has 9 nitrogen and oxygen atoms in total. The molecule has 0 saturated carbocycles. The molecule has 2 aromatic carbocycles. The number of benzene rings is 2. The largest absolute Gasteiger partial charge is 0.479 e. The number of rotatable bonds is 8. The minimum atomic E-state index is -0.922. The molecular weight excluding hydrogens is 394 g/mol. The van der Waals surface area contributed by atoms with Crippen molar-refractivity contribution >= 4 is 29.5 Å². The zero-order valence-electron chi connectivity index (χ0n) is 16.7. The zero-order chi connectivity index (χ0) is 22.1. The van der Waals surface area contributed by atoms with Crippen molar-refractivity contribution in [3.63, 3.8) is 0 Å². The van der Waals surface area contributed by atoms with Crippen LogP contribution in [0.5, 0.6) is 5.75 Å². The molecule has 0 heterocycles. The van der Waals surface area contributed by atoms with E-state index in [9.17, 15) is 19.2 Å². The highest BCUT2D eigenvalue weighted by atomic mass is 16.6. The van der Waals surface area contributed by atoms with Crippen LogP contribution in [-0.4, -0.2) is 50.7 Å². The van der Waals surface area contributed by atoms with E-state index in [1.807, 2.05) is 0 Å². The maximum Gasteiger partial charge on any atom is 0.347 e. The molecule has 0 saturated heterocycles. The Bertz CT molecular complexity index is 892. The number of carbonyl (C=O) groups excluding carboxylic acids is 4. The summed E-state index contributed by atoms with van der Waals surface area (Å²) in [5.74, 6) is -2.31. The predicted molar refractivity (Wildman–Crippen MR) is 105 cm³/mol. The van der Waals surface area contributed by atoms with Crippen LogP contribution in [0.4, 0.5) is 5.69 Å². The topological polar surface area (TPSA) is 117 Å². The lowest BCUT2D eigenvalue weighted by molar-refractivity contribution is -0.153. The van der Waals surface area contributed by atoms with Crippen LogP contribution in [0, 0.1) is 0 Å². The third kappa shape index (κ3) is 6.33. The Morgan fingerprint density at radius 3 is 2.00 bits per heavy atom. The molecule has 158 valence electrons. The van der Waals surface area contributed by atoms with Gasteiger partial charge >= 0.3 is 17.9 Å². The fourth-order valence-electron chi connectivity index (χ4n) is 2.37. The quantitative estimate of drug-likeness (QED) is 0.515. The van der Waals surface area contributed by atoms with E-state index in [4.69, 9.17) is 9.47 Å². The van der Waals surface area contributed by atoms with E-state index in [-0.39, 0.29) is 16.8 Å². The Labute approximate surface area is 172 Å². The predicted octanol–water partition coefficient (Wildman–Crippen LogP) is 2.21. The van der Waals surface area contributed by atoms with E-state index in [1.54, 1.807) is 30.3 Å². The molecule has 1 amide bonds. The Balaban J connectivity index is 1.98. The van der Waals surface area contributed by atoms with Crippen LogP contribution in [-0.2, 0) is 23.8 Å². The van der Waals surface area contributed by atoms with Gasteiger partial charge in [0, 0.05) is 5.69 Å². The van der Waals surface area contributed by atoms with Gasteiger partial charge in [-0.15, -0.1) is 0 Å². The van der Waals surface area contributed by atoms with E-state index < -0.39 is 36.5 Å². The van der Waals surface area contributed by atoms with Crippen LogP contribution >= 0.6 is 0 Å². The molecule has 0 bridgehead atoms. The average Bonchev–Trinajstić information content (AvgIpc) is 2.76. The third-order valence-corrected chi connectivity index (χ3v) is 3.79. The molecule has 2 aromatic rings. The van der Waals surface area contributed by atoms with Crippen molar-refractivity contribution in [1.82, 2.24) is 0 Å². The summed E-state index contributed by atoms with van der Waals surface area (Å²) in [6.45, 7) is 0.910. The minimum absolute atomic E-state index is 0.0394.